The van der Waals surface area contributed by atoms with Crippen LogP contribution in [0.1, 0.15) is 12.3 Å². The Hall–Kier alpha value is -2.45. The number of benzene rings is 1. The van der Waals surface area contributed by atoms with Crippen LogP contribution in [0.4, 0.5) is 0 Å². The summed E-state index contributed by atoms with van der Waals surface area (Å²) in [5, 5.41) is 13.7. The van der Waals surface area contributed by atoms with Crippen molar-refractivity contribution in [2.45, 2.75) is 18.9 Å². The minimum Gasteiger partial charge on any atom is -0.480 e. The van der Waals surface area contributed by atoms with Crippen LogP contribution in [0.25, 0.3) is 11.4 Å². The molecule has 0 unspecified atom stereocenters. The summed E-state index contributed by atoms with van der Waals surface area (Å²) < 4.78 is 10.3. The molecular weight excluding hydrogens is 350 g/mol. The molecule has 0 radical (unpaired) electrons. The molecule has 2 aromatic rings. The lowest BCUT2D eigenvalue weighted by atomic mass is 10.2. The van der Waals surface area contributed by atoms with Crippen LogP contribution >= 0.6 is 11.6 Å². The standard InChI is InChI=1S/C16H16ClN3O5/c17-11-3-1-10(2-4-11)15-18-13(25-19-15)5-6-14(21)20-7-8-24-9-12(20)16(22)23/h1-4,12H,5-9H2,(H,22,23)/t12-/m0/s1. The number of carbonyl (C=O) groups excluding carboxylic acids is 1. The van der Waals surface area contributed by atoms with Crippen molar-refractivity contribution < 1.29 is 24.0 Å². The highest BCUT2D eigenvalue weighted by Gasteiger charge is 2.32. The number of hydrogen-bond acceptors (Lipinski definition) is 6. The minimum absolute atomic E-state index is 0.00233. The first kappa shape index (κ1) is 17.4. The van der Waals surface area contributed by atoms with Crippen molar-refractivity contribution in [2.75, 3.05) is 19.8 Å². The number of aliphatic carboxylic acids is 1. The lowest BCUT2D eigenvalue weighted by Crippen LogP contribution is -2.52. The number of carbonyl (C=O) groups is 2. The summed E-state index contributed by atoms with van der Waals surface area (Å²) in [7, 11) is 0. The van der Waals surface area contributed by atoms with Crippen molar-refractivity contribution >= 4 is 23.5 Å². The predicted molar refractivity (Wildman–Crippen MR) is 87.0 cm³/mol. The molecule has 1 fully saturated rings. The average Bonchev–Trinajstić information content (AvgIpc) is 3.09. The molecule has 2 heterocycles. The number of hydrogen-bond donors (Lipinski definition) is 1. The van der Waals surface area contributed by atoms with Gasteiger partial charge in [-0.2, -0.15) is 4.98 Å². The zero-order valence-electron chi connectivity index (χ0n) is 13.2. The average molecular weight is 366 g/mol. The first-order valence-electron chi connectivity index (χ1n) is 7.73. The summed E-state index contributed by atoms with van der Waals surface area (Å²) in [5.74, 6) is -0.620. The van der Waals surface area contributed by atoms with Gasteiger partial charge in [-0.3, -0.25) is 4.79 Å². The number of rotatable bonds is 5. The van der Waals surface area contributed by atoms with Gasteiger partial charge in [-0.1, -0.05) is 16.8 Å². The molecule has 0 spiro atoms. The molecule has 8 nitrogen and oxygen atoms in total. The molecule has 0 saturated carbocycles. The van der Waals surface area contributed by atoms with Crippen molar-refractivity contribution in [3.05, 3.63) is 35.2 Å². The second-order valence-electron chi connectivity index (χ2n) is 5.53. The van der Waals surface area contributed by atoms with Gasteiger partial charge in [-0.05, 0) is 24.3 Å². The number of carboxylic acids is 1. The molecule has 3 rings (SSSR count). The number of aryl methyl sites for hydroxylation is 1. The van der Waals surface area contributed by atoms with Crippen LogP contribution in [0.15, 0.2) is 28.8 Å². The van der Waals surface area contributed by atoms with Crippen LogP contribution in [0.2, 0.25) is 5.02 Å². The number of aromatic nitrogens is 2. The Bertz CT molecular complexity index is 761. The number of ether oxygens (including phenoxy) is 1. The van der Waals surface area contributed by atoms with Crippen molar-refractivity contribution in [3.8, 4) is 11.4 Å². The molecule has 1 amide bonds. The zero-order valence-corrected chi connectivity index (χ0v) is 14.0. The van der Waals surface area contributed by atoms with Crippen LogP contribution in [-0.4, -0.2) is 57.8 Å². The third kappa shape index (κ3) is 4.15. The van der Waals surface area contributed by atoms with E-state index in [1.807, 2.05) is 0 Å². The number of nitrogens with zero attached hydrogens (tertiary/aromatic N) is 3. The van der Waals surface area contributed by atoms with Crippen LogP contribution in [0.5, 0.6) is 0 Å². The van der Waals surface area contributed by atoms with Gasteiger partial charge >= 0.3 is 5.97 Å². The first-order valence-corrected chi connectivity index (χ1v) is 8.11. The summed E-state index contributed by atoms with van der Waals surface area (Å²) in [6.45, 7) is 0.592. The lowest BCUT2D eigenvalue weighted by molar-refractivity contribution is -0.158. The van der Waals surface area contributed by atoms with Gasteiger partial charge in [0.1, 0.15) is 0 Å². The molecule has 1 aliphatic rings. The Morgan fingerprint density at radius 2 is 2.08 bits per heavy atom. The van der Waals surface area contributed by atoms with E-state index in [1.54, 1.807) is 24.3 Å². The molecule has 1 aromatic carbocycles. The van der Waals surface area contributed by atoms with Crippen LogP contribution in [0.3, 0.4) is 0 Å². The van der Waals surface area contributed by atoms with E-state index in [9.17, 15) is 9.59 Å². The highest BCUT2D eigenvalue weighted by atomic mass is 35.5. The fraction of sp³-hybridized carbons (Fsp3) is 0.375. The van der Waals surface area contributed by atoms with Gasteiger partial charge in [0.2, 0.25) is 17.6 Å². The maximum absolute atomic E-state index is 12.3. The third-order valence-corrected chi connectivity index (χ3v) is 4.11. The Morgan fingerprint density at radius 1 is 1.32 bits per heavy atom. The van der Waals surface area contributed by atoms with Gasteiger partial charge in [0.05, 0.1) is 13.2 Å². The molecule has 1 saturated heterocycles. The zero-order chi connectivity index (χ0) is 17.8. The number of amides is 1. The third-order valence-electron chi connectivity index (χ3n) is 3.86. The fourth-order valence-electron chi connectivity index (χ4n) is 2.54. The highest BCUT2D eigenvalue weighted by Crippen LogP contribution is 2.19. The summed E-state index contributed by atoms with van der Waals surface area (Å²) in [4.78, 5) is 29.1. The molecule has 1 aliphatic heterocycles. The molecule has 25 heavy (non-hydrogen) atoms. The van der Waals surface area contributed by atoms with E-state index in [2.05, 4.69) is 10.1 Å². The van der Waals surface area contributed by atoms with Crippen LogP contribution in [-0.2, 0) is 20.7 Å². The molecule has 0 bridgehead atoms. The van der Waals surface area contributed by atoms with Gasteiger partial charge in [0.25, 0.3) is 0 Å². The minimum atomic E-state index is -1.07. The van der Waals surface area contributed by atoms with Crippen molar-refractivity contribution in [1.82, 2.24) is 15.0 Å². The monoisotopic (exact) mass is 365 g/mol. The molecule has 1 N–H and O–H groups in total. The van der Waals surface area contributed by atoms with Crippen LogP contribution in [0, 0.1) is 0 Å². The van der Waals surface area contributed by atoms with E-state index in [0.29, 0.717) is 23.3 Å². The molecule has 132 valence electrons. The van der Waals surface area contributed by atoms with Gasteiger partial charge in [-0.15, -0.1) is 0 Å². The van der Waals surface area contributed by atoms with E-state index < -0.39 is 12.0 Å². The Labute approximate surface area is 148 Å². The summed E-state index contributed by atoms with van der Waals surface area (Å²) in [5.41, 5.74) is 0.754. The van der Waals surface area contributed by atoms with Gasteiger partial charge in [0.15, 0.2) is 6.04 Å². The Balaban J connectivity index is 1.61. The largest absolute Gasteiger partial charge is 0.480 e. The molecule has 0 aliphatic carbocycles. The number of carboxylic acid groups (broad SMARTS) is 1. The van der Waals surface area contributed by atoms with E-state index in [-0.39, 0.29) is 31.9 Å². The normalized spacial score (nSPS) is 17.5. The Morgan fingerprint density at radius 3 is 2.80 bits per heavy atom. The van der Waals surface area contributed by atoms with Crippen LogP contribution < -0.4 is 0 Å². The quantitative estimate of drug-likeness (QED) is 0.858. The molecule has 1 aromatic heterocycles. The van der Waals surface area contributed by atoms with E-state index in [0.717, 1.165) is 5.56 Å². The summed E-state index contributed by atoms with van der Waals surface area (Å²) >= 11 is 5.84. The number of morpholine rings is 1. The van der Waals surface area contributed by atoms with E-state index >= 15 is 0 Å². The second-order valence-corrected chi connectivity index (χ2v) is 5.97. The molecule has 1 atom stereocenters. The second kappa shape index (κ2) is 7.62. The van der Waals surface area contributed by atoms with E-state index in [1.165, 1.54) is 4.90 Å². The van der Waals surface area contributed by atoms with Gasteiger partial charge < -0.3 is 19.3 Å². The predicted octanol–water partition coefficient (Wildman–Crippen LogP) is 1.63. The van der Waals surface area contributed by atoms with Gasteiger partial charge in [-0.25, -0.2) is 4.79 Å². The fourth-order valence-corrected chi connectivity index (χ4v) is 2.66. The maximum atomic E-state index is 12.3. The summed E-state index contributed by atoms with van der Waals surface area (Å²) in [6, 6.07) is 6.04. The first-order chi connectivity index (χ1) is 12.0. The molecule has 9 heteroatoms. The highest BCUT2D eigenvalue weighted by molar-refractivity contribution is 6.30. The lowest BCUT2D eigenvalue weighted by Gasteiger charge is -2.32. The van der Waals surface area contributed by atoms with Crippen molar-refractivity contribution in [1.29, 1.82) is 0 Å². The number of halogens is 1. The van der Waals surface area contributed by atoms with E-state index in [4.69, 9.17) is 26.0 Å². The van der Waals surface area contributed by atoms with Gasteiger partial charge in [0, 0.05) is 30.0 Å². The molecular formula is C16H16ClN3O5. The summed E-state index contributed by atoms with van der Waals surface area (Å²) in [6.07, 6.45) is 0.329. The SMILES string of the molecule is O=C(O)[C@@H]1COCCN1C(=O)CCc1nc(-c2ccc(Cl)cc2)no1. The Kier molecular flexibility index (Phi) is 5.30. The smallest absolute Gasteiger partial charge is 0.328 e. The topological polar surface area (TPSA) is 106 Å². The van der Waals surface area contributed by atoms with Crippen molar-refractivity contribution in [2.24, 2.45) is 0 Å². The van der Waals surface area contributed by atoms with Crippen molar-refractivity contribution in [3.63, 3.8) is 0 Å². The maximum Gasteiger partial charge on any atom is 0.328 e.